The molecular weight excluding hydrogens is 375 g/mol. The van der Waals surface area contributed by atoms with Crippen LogP contribution in [0.5, 0.6) is 0 Å². The Hall–Kier alpha value is -2.97. The summed E-state index contributed by atoms with van der Waals surface area (Å²) >= 11 is 0. The van der Waals surface area contributed by atoms with Gasteiger partial charge in [0.25, 0.3) is 5.91 Å². The summed E-state index contributed by atoms with van der Waals surface area (Å²) in [5, 5.41) is 11.7. The second kappa shape index (κ2) is 7.95. The third-order valence-corrected chi connectivity index (χ3v) is 4.03. The highest BCUT2D eigenvalue weighted by molar-refractivity contribution is 5.94. The molecular formula is C19H20F3N3O3. The standard InChI is InChI=1S/C19H20F3N3O3/c1-18(2,3)13-6-4-11(5-7-13)14(8-15(26)27)25-16(28)12-9-23-17(24-10-12)19(20,21)22/h4-7,9-10,14H,8H2,1-3H3,(H,25,28)(H,26,27). The van der Waals surface area contributed by atoms with Crippen molar-refractivity contribution in [1.29, 1.82) is 0 Å². The number of rotatable bonds is 5. The molecule has 0 bridgehead atoms. The number of alkyl halides is 3. The maximum absolute atomic E-state index is 12.5. The van der Waals surface area contributed by atoms with E-state index < -0.39 is 29.9 Å². The molecule has 0 aliphatic rings. The molecule has 28 heavy (non-hydrogen) atoms. The molecule has 0 saturated carbocycles. The van der Waals surface area contributed by atoms with Crippen LogP contribution in [0.25, 0.3) is 0 Å². The summed E-state index contributed by atoms with van der Waals surface area (Å²) in [6.07, 6.45) is -3.59. The molecule has 1 amide bonds. The number of carboxylic acids is 1. The molecule has 2 rings (SSSR count). The Labute approximate surface area is 159 Å². The zero-order chi connectivity index (χ0) is 21.1. The van der Waals surface area contributed by atoms with Gasteiger partial charge in [-0.2, -0.15) is 13.2 Å². The van der Waals surface area contributed by atoms with Gasteiger partial charge in [-0.3, -0.25) is 9.59 Å². The lowest BCUT2D eigenvalue weighted by Crippen LogP contribution is -2.30. The van der Waals surface area contributed by atoms with E-state index in [2.05, 4.69) is 15.3 Å². The summed E-state index contributed by atoms with van der Waals surface area (Å²) in [5.41, 5.74) is 1.31. The summed E-state index contributed by atoms with van der Waals surface area (Å²) in [5.74, 6) is -3.25. The quantitative estimate of drug-likeness (QED) is 0.805. The number of amides is 1. The molecule has 1 aromatic heterocycles. The van der Waals surface area contributed by atoms with Crippen molar-refractivity contribution in [3.8, 4) is 0 Å². The van der Waals surface area contributed by atoms with Crippen molar-refractivity contribution in [2.24, 2.45) is 0 Å². The van der Waals surface area contributed by atoms with Crippen LogP contribution < -0.4 is 5.32 Å². The molecule has 1 unspecified atom stereocenters. The minimum atomic E-state index is -4.71. The van der Waals surface area contributed by atoms with Crippen molar-refractivity contribution < 1.29 is 27.9 Å². The number of aromatic nitrogens is 2. The number of nitrogens with zero attached hydrogens (tertiary/aromatic N) is 2. The number of aliphatic carboxylic acids is 1. The fourth-order valence-corrected chi connectivity index (χ4v) is 2.48. The second-order valence-corrected chi connectivity index (χ2v) is 7.29. The largest absolute Gasteiger partial charge is 0.481 e. The van der Waals surface area contributed by atoms with Crippen LogP contribution in [-0.4, -0.2) is 27.0 Å². The van der Waals surface area contributed by atoms with Crippen molar-refractivity contribution in [2.75, 3.05) is 0 Å². The first kappa shape index (κ1) is 21.3. The van der Waals surface area contributed by atoms with E-state index in [9.17, 15) is 22.8 Å². The van der Waals surface area contributed by atoms with E-state index in [1.54, 1.807) is 12.1 Å². The molecule has 1 aromatic carbocycles. The number of carboxylic acid groups (broad SMARTS) is 1. The monoisotopic (exact) mass is 395 g/mol. The van der Waals surface area contributed by atoms with E-state index >= 15 is 0 Å². The maximum Gasteiger partial charge on any atom is 0.451 e. The first-order chi connectivity index (χ1) is 12.9. The SMILES string of the molecule is CC(C)(C)c1ccc(C(CC(=O)O)NC(=O)c2cnc(C(F)(F)F)nc2)cc1. The van der Waals surface area contributed by atoms with Gasteiger partial charge in [-0.05, 0) is 16.5 Å². The number of halogens is 3. The van der Waals surface area contributed by atoms with Crippen LogP contribution in [0, 0.1) is 0 Å². The van der Waals surface area contributed by atoms with Crippen LogP contribution >= 0.6 is 0 Å². The third kappa shape index (κ3) is 5.51. The van der Waals surface area contributed by atoms with Gasteiger partial charge in [0.05, 0.1) is 18.0 Å². The predicted octanol–water partition coefficient (Wildman–Crippen LogP) is 3.74. The van der Waals surface area contributed by atoms with Crippen LogP contribution in [0.3, 0.4) is 0 Å². The predicted molar refractivity (Wildman–Crippen MR) is 94.6 cm³/mol. The molecule has 1 heterocycles. The average molecular weight is 395 g/mol. The zero-order valence-corrected chi connectivity index (χ0v) is 15.5. The lowest BCUT2D eigenvalue weighted by molar-refractivity contribution is -0.145. The fourth-order valence-electron chi connectivity index (χ4n) is 2.48. The van der Waals surface area contributed by atoms with E-state index in [0.717, 1.165) is 18.0 Å². The summed E-state index contributed by atoms with van der Waals surface area (Å²) in [6.45, 7) is 6.09. The van der Waals surface area contributed by atoms with Gasteiger partial charge in [-0.25, -0.2) is 9.97 Å². The first-order valence-electron chi connectivity index (χ1n) is 8.40. The number of benzene rings is 1. The lowest BCUT2D eigenvalue weighted by atomic mass is 9.86. The Kier molecular flexibility index (Phi) is 6.06. The third-order valence-electron chi connectivity index (χ3n) is 4.03. The summed E-state index contributed by atoms with van der Waals surface area (Å²) < 4.78 is 37.6. The molecule has 0 aliphatic heterocycles. The number of carbonyl (C=O) groups excluding carboxylic acids is 1. The van der Waals surface area contributed by atoms with Crippen molar-refractivity contribution >= 4 is 11.9 Å². The van der Waals surface area contributed by atoms with E-state index in [1.807, 2.05) is 32.9 Å². The molecule has 9 heteroatoms. The fraction of sp³-hybridized carbons (Fsp3) is 0.368. The van der Waals surface area contributed by atoms with Crippen LogP contribution in [-0.2, 0) is 16.4 Å². The Bertz CT molecular complexity index is 842. The molecule has 1 atom stereocenters. The number of hydrogen-bond acceptors (Lipinski definition) is 4. The topological polar surface area (TPSA) is 92.2 Å². The van der Waals surface area contributed by atoms with Crippen molar-refractivity contribution in [1.82, 2.24) is 15.3 Å². The number of hydrogen-bond donors (Lipinski definition) is 2. The molecule has 0 radical (unpaired) electrons. The summed E-state index contributed by atoms with van der Waals surface area (Å²) in [7, 11) is 0. The van der Waals surface area contributed by atoms with Crippen LogP contribution in [0.15, 0.2) is 36.7 Å². The summed E-state index contributed by atoms with van der Waals surface area (Å²) in [4.78, 5) is 29.8. The van der Waals surface area contributed by atoms with E-state index in [0.29, 0.717) is 5.56 Å². The van der Waals surface area contributed by atoms with E-state index in [1.165, 1.54) is 0 Å². The van der Waals surface area contributed by atoms with Gasteiger partial charge in [-0.15, -0.1) is 0 Å². The van der Waals surface area contributed by atoms with Gasteiger partial charge in [0.1, 0.15) is 0 Å². The molecule has 0 saturated heterocycles. The van der Waals surface area contributed by atoms with Crippen molar-refractivity contribution in [3.63, 3.8) is 0 Å². The Morgan fingerprint density at radius 2 is 1.61 bits per heavy atom. The minimum Gasteiger partial charge on any atom is -0.481 e. The van der Waals surface area contributed by atoms with Crippen LogP contribution in [0.2, 0.25) is 0 Å². The van der Waals surface area contributed by atoms with E-state index in [4.69, 9.17) is 5.11 Å². The number of nitrogens with one attached hydrogen (secondary N) is 1. The minimum absolute atomic E-state index is 0.0956. The van der Waals surface area contributed by atoms with Crippen LogP contribution in [0.1, 0.15) is 60.5 Å². The van der Waals surface area contributed by atoms with Gasteiger partial charge in [0, 0.05) is 12.4 Å². The number of carbonyl (C=O) groups is 2. The molecule has 2 aromatic rings. The molecule has 2 N–H and O–H groups in total. The maximum atomic E-state index is 12.5. The van der Waals surface area contributed by atoms with Gasteiger partial charge < -0.3 is 10.4 Å². The van der Waals surface area contributed by atoms with Crippen molar-refractivity contribution in [3.05, 3.63) is 59.2 Å². The first-order valence-corrected chi connectivity index (χ1v) is 8.40. The zero-order valence-electron chi connectivity index (χ0n) is 15.5. The lowest BCUT2D eigenvalue weighted by Gasteiger charge is -2.22. The smallest absolute Gasteiger partial charge is 0.451 e. The molecule has 0 fully saturated rings. The second-order valence-electron chi connectivity index (χ2n) is 7.29. The van der Waals surface area contributed by atoms with Crippen LogP contribution in [0.4, 0.5) is 13.2 Å². The van der Waals surface area contributed by atoms with Gasteiger partial charge in [0.2, 0.25) is 5.82 Å². The highest BCUT2D eigenvalue weighted by Gasteiger charge is 2.34. The molecule has 0 aliphatic carbocycles. The molecule has 6 nitrogen and oxygen atoms in total. The van der Waals surface area contributed by atoms with E-state index in [-0.39, 0.29) is 17.4 Å². The average Bonchev–Trinajstić information content (AvgIpc) is 2.59. The highest BCUT2D eigenvalue weighted by atomic mass is 19.4. The van der Waals surface area contributed by atoms with Gasteiger partial charge in [0.15, 0.2) is 0 Å². The Morgan fingerprint density at radius 1 is 1.07 bits per heavy atom. The Balaban J connectivity index is 2.22. The Morgan fingerprint density at radius 3 is 2.04 bits per heavy atom. The van der Waals surface area contributed by atoms with Gasteiger partial charge >= 0.3 is 12.1 Å². The molecule has 150 valence electrons. The highest BCUT2D eigenvalue weighted by Crippen LogP contribution is 2.26. The normalized spacial score (nSPS) is 13.1. The summed E-state index contributed by atoms with van der Waals surface area (Å²) in [6, 6.07) is 6.27. The van der Waals surface area contributed by atoms with Gasteiger partial charge in [-0.1, -0.05) is 45.0 Å². The van der Waals surface area contributed by atoms with Crippen molar-refractivity contribution in [2.45, 2.75) is 44.8 Å². The molecule has 0 spiro atoms.